The summed E-state index contributed by atoms with van der Waals surface area (Å²) < 4.78 is 87.8. The van der Waals surface area contributed by atoms with Crippen molar-refractivity contribution >= 4 is 18.0 Å². The molecule has 2 heterocycles. The van der Waals surface area contributed by atoms with Crippen molar-refractivity contribution in [2.75, 3.05) is 19.8 Å². The highest BCUT2D eigenvalue weighted by molar-refractivity contribution is 5.84. The molecule has 1 fully saturated rings. The normalized spacial score (nSPS) is 13.5. The van der Waals surface area contributed by atoms with E-state index in [2.05, 4.69) is 10.1 Å². The van der Waals surface area contributed by atoms with Crippen LogP contribution in [0.2, 0.25) is 0 Å². The number of carbonyl (C=O) groups excluding carboxylic acids is 1. The minimum atomic E-state index is -4.74. The predicted molar refractivity (Wildman–Crippen MR) is 145 cm³/mol. The number of nitrogens with zero attached hydrogens (tertiary/aromatic N) is 3. The lowest BCUT2D eigenvalue weighted by Gasteiger charge is -2.10. The van der Waals surface area contributed by atoms with Gasteiger partial charge in [0.15, 0.2) is 6.29 Å². The van der Waals surface area contributed by atoms with Crippen LogP contribution in [0.3, 0.4) is 0 Å². The van der Waals surface area contributed by atoms with Crippen molar-refractivity contribution in [3.63, 3.8) is 0 Å². The Hall–Kier alpha value is -4.23. The summed E-state index contributed by atoms with van der Waals surface area (Å²) in [5.41, 5.74) is 1.24. The second-order valence-corrected chi connectivity index (χ2v) is 9.44. The van der Waals surface area contributed by atoms with E-state index in [1.807, 2.05) is 0 Å². The first kappa shape index (κ1) is 34.0. The van der Waals surface area contributed by atoms with Crippen molar-refractivity contribution in [1.29, 1.82) is 0 Å². The highest BCUT2D eigenvalue weighted by atomic mass is 19.4. The summed E-state index contributed by atoms with van der Waals surface area (Å²) in [5.74, 6) is -0.730. The Bertz CT molecular complexity index is 1380. The van der Waals surface area contributed by atoms with Gasteiger partial charge in [-0.2, -0.15) is 31.4 Å². The third kappa shape index (κ3) is 10.3. The van der Waals surface area contributed by atoms with E-state index >= 15 is 0 Å². The fourth-order valence-electron chi connectivity index (χ4n) is 3.76. The molecule has 228 valence electrons. The zero-order chi connectivity index (χ0) is 31.5. The quantitative estimate of drug-likeness (QED) is 0.247. The predicted octanol–water partition coefficient (Wildman–Crippen LogP) is 6.96. The summed E-state index contributed by atoms with van der Waals surface area (Å²) in [6.07, 6.45) is 4.94. The van der Waals surface area contributed by atoms with E-state index in [1.165, 1.54) is 44.6 Å². The van der Waals surface area contributed by atoms with Gasteiger partial charge in [0, 0.05) is 31.4 Å². The summed E-state index contributed by atoms with van der Waals surface area (Å²) in [5, 5.41) is 4.74. The molecule has 2 aromatic heterocycles. The summed E-state index contributed by atoms with van der Waals surface area (Å²) in [4.78, 5) is 27.1. The van der Waals surface area contributed by atoms with Crippen molar-refractivity contribution in [3.05, 3.63) is 81.3 Å². The van der Waals surface area contributed by atoms with Crippen LogP contribution in [0.4, 0.5) is 36.4 Å². The number of benzene rings is 1. The van der Waals surface area contributed by atoms with Crippen molar-refractivity contribution in [1.82, 2.24) is 20.1 Å². The number of aldehydes is 1. The SMILES string of the molecule is C1CCCCC1.CN(C)/C=C\c1cc(-c2ccc(C(F)(F)F)cn2)c(F)cc1C=O.Nc1cn[nH]c(=O)c1C(F)(F)F. The maximum atomic E-state index is 14.2. The Kier molecular flexibility index (Phi) is 12.2. The second-order valence-electron chi connectivity index (χ2n) is 9.44. The van der Waals surface area contributed by atoms with E-state index in [4.69, 9.17) is 5.73 Å². The number of halogens is 7. The van der Waals surface area contributed by atoms with Crippen LogP contribution in [0.1, 0.15) is 65.6 Å². The van der Waals surface area contributed by atoms with Crippen molar-refractivity contribution in [2.45, 2.75) is 50.9 Å². The van der Waals surface area contributed by atoms with Crippen LogP contribution < -0.4 is 11.3 Å². The molecule has 0 atom stereocenters. The molecule has 3 N–H and O–H groups in total. The molecule has 14 heteroatoms. The van der Waals surface area contributed by atoms with E-state index < -0.39 is 40.5 Å². The van der Waals surface area contributed by atoms with Crippen molar-refractivity contribution in [3.8, 4) is 11.3 Å². The van der Waals surface area contributed by atoms with E-state index in [1.54, 1.807) is 36.4 Å². The van der Waals surface area contributed by atoms with E-state index in [0.29, 0.717) is 18.0 Å². The standard InChI is InChI=1S/C17H14F4N2O.C6H12.C5H4F3N3O/c1-23(2)6-5-11-7-14(15(18)8-12(11)10-24)16-4-3-13(9-22-16)17(19,20)21;1-2-4-6-5-3-1;6-5(7,8)3-2(9)1-10-11-4(3)12/h3-10H,1-2H3;1-6H2;1H,(H3,9,11,12)/b6-5-;;. The Balaban J connectivity index is 0.000000280. The molecule has 3 aromatic rings. The van der Waals surface area contributed by atoms with Gasteiger partial charge < -0.3 is 10.6 Å². The Labute approximate surface area is 237 Å². The number of anilines is 1. The van der Waals surface area contributed by atoms with Gasteiger partial charge in [0.05, 0.1) is 23.1 Å². The Morgan fingerprint density at radius 1 is 0.905 bits per heavy atom. The summed E-state index contributed by atoms with van der Waals surface area (Å²) in [7, 11) is 3.55. The number of nitrogen functional groups attached to an aromatic ring is 1. The molecule has 7 nitrogen and oxygen atoms in total. The van der Waals surface area contributed by atoms with Gasteiger partial charge in [-0.05, 0) is 42.1 Å². The maximum absolute atomic E-state index is 14.2. The number of hydrogen-bond donors (Lipinski definition) is 2. The van der Waals surface area contributed by atoms with Gasteiger partial charge in [0.1, 0.15) is 11.4 Å². The lowest BCUT2D eigenvalue weighted by molar-refractivity contribution is -0.138. The fourth-order valence-corrected chi connectivity index (χ4v) is 3.76. The van der Waals surface area contributed by atoms with Crippen LogP contribution in [-0.2, 0) is 12.4 Å². The Morgan fingerprint density at radius 2 is 1.50 bits per heavy atom. The number of aromatic amines is 1. The monoisotopic (exact) mass is 601 g/mol. The molecule has 1 aliphatic carbocycles. The third-order valence-corrected chi connectivity index (χ3v) is 5.89. The number of nitrogens with two attached hydrogens (primary N) is 1. The second kappa shape index (κ2) is 15.1. The molecule has 0 spiro atoms. The summed E-state index contributed by atoms with van der Waals surface area (Å²) in [6.45, 7) is 0. The van der Waals surface area contributed by atoms with Crippen molar-refractivity contribution in [2.24, 2.45) is 0 Å². The fraction of sp³-hybridized carbons (Fsp3) is 0.357. The average molecular weight is 602 g/mol. The highest BCUT2D eigenvalue weighted by Gasteiger charge is 2.36. The molecular formula is C28H30F7N5O2. The number of carbonyl (C=O) groups is 1. The van der Waals surface area contributed by atoms with Gasteiger partial charge in [0.25, 0.3) is 5.56 Å². The molecule has 1 aromatic carbocycles. The number of nitrogens with one attached hydrogen (secondary N) is 1. The van der Waals surface area contributed by atoms with Gasteiger partial charge in [0.2, 0.25) is 0 Å². The lowest BCUT2D eigenvalue weighted by atomic mass is 10.0. The van der Waals surface area contributed by atoms with Crippen LogP contribution in [-0.4, -0.2) is 40.5 Å². The van der Waals surface area contributed by atoms with Crippen LogP contribution in [0.25, 0.3) is 17.3 Å². The zero-order valence-corrected chi connectivity index (χ0v) is 22.8. The van der Waals surface area contributed by atoms with Crippen LogP contribution in [0, 0.1) is 5.82 Å². The van der Waals surface area contributed by atoms with Crippen LogP contribution >= 0.6 is 0 Å². The maximum Gasteiger partial charge on any atom is 0.423 e. The highest BCUT2D eigenvalue weighted by Crippen LogP contribution is 2.31. The molecule has 0 amide bonds. The van der Waals surface area contributed by atoms with Gasteiger partial charge in [-0.25, -0.2) is 9.49 Å². The first-order chi connectivity index (χ1) is 19.6. The molecule has 0 aliphatic heterocycles. The van der Waals surface area contributed by atoms with E-state index in [-0.39, 0.29) is 16.8 Å². The minimum Gasteiger partial charge on any atom is -0.397 e. The van der Waals surface area contributed by atoms with Gasteiger partial charge >= 0.3 is 12.4 Å². The van der Waals surface area contributed by atoms with Crippen LogP contribution in [0.15, 0.2) is 47.7 Å². The van der Waals surface area contributed by atoms with Gasteiger partial charge in [-0.15, -0.1) is 0 Å². The largest absolute Gasteiger partial charge is 0.423 e. The van der Waals surface area contributed by atoms with E-state index in [9.17, 15) is 40.3 Å². The molecule has 0 unspecified atom stereocenters. The van der Waals surface area contributed by atoms with Gasteiger partial charge in [-0.1, -0.05) is 38.5 Å². The molecule has 0 saturated heterocycles. The molecule has 4 rings (SSSR count). The number of hydrogen-bond acceptors (Lipinski definition) is 6. The molecular weight excluding hydrogens is 571 g/mol. The molecule has 42 heavy (non-hydrogen) atoms. The molecule has 1 saturated carbocycles. The van der Waals surface area contributed by atoms with Gasteiger partial charge in [-0.3, -0.25) is 14.6 Å². The van der Waals surface area contributed by atoms with Crippen LogP contribution in [0.5, 0.6) is 0 Å². The number of rotatable bonds is 4. The molecule has 0 radical (unpaired) electrons. The minimum absolute atomic E-state index is 0.0210. The number of H-pyrrole nitrogens is 1. The number of pyridine rings is 1. The molecule has 1 aliphatic rings. The van der Waals surface area contributed by atoms with E-state index in [0.717, 1.165) is 24.4 Å². The first-order valence-electron chi connectivity index (χ1n) is 12.7. The van der Waals surface area contributed by atoms with Crippen molar-refractivity contribution < 1.29 is 35.5 Å². The molecule has 0 bridgehead atoms. The Morgan fingerprint density at radius 3 is 1.90 bits per heavy atom. The summed E-state index contributed by atoms with van der Waals surface area (Å²) in [6, 6.07) is 4.36. The topological polar surface area (TPSA) is 105 Å². The zero-order valence-electron chi connectivity index (χ0n) is 22.8. The third-order valence-electron chi connectivity index (χ3n) is 5.89. The lowest BCUT2D eigenvalue weighted by Crippen LogP contribution is -2.24. The number of aromatic nitrogens is 3. The first-order valence-corrected chi connectivity index (χ1v) is 12.7. The smallest absolute Gasteiger partial charge is 0.397 e. The average Bonchev–Trinajstić information content (AvgIpc) is 2.92. The summed E-state index contributed by atoms with van der Waals surface area (Å²) >= 11 is 0. The number of alkyl halides is 6.